The Kier molecular flexibility index (Phi) is 5.18. The fraction of sp³-hybridized carbons (Fsp3) is 0.474. The molecular weight excluding hydrogens is 348 g/mol. The number of nitrogens with one attached hydrogen (secondary N) is 1. The van der Waals surface area contributed by atoms with Crippen LogP contribution in [0.25, 0.3) is 0 Å². The zero-order valence-corrected chi connectivity index (χ0v) is 16.6. The highest BCUT2D eigenvalue weighted by molar-refractivity contribution is 7.91. The number of sulfone groups is 1. The maximum absolute atomic E-state index is 11.9. The molecule has 1 fully saturated rings. The predicted octanol–water partition coefficient (Wildman–Crippen LogP) is 3.16. The summed E-state index contributed by atoms with van der Waals surface area (Å²) in [7, 11) is -2.94. The largest absolute Gasteiger partial charge is 0.353 e. The highest BCUT2D eigenvalue weighted by Crippen LogP contribution is 2.25. The normalized spacial score (nSPS) is 18.7. The van der Waals surface area contributed by atoms with Gasteiger partial charge in [-0.2, -0.15) is 4.98 Å². The number of hydrogen-bond acceptors (Lipinski definition) is 6. The summed E-state index contributed by atoms with van der Waals surface area (Å²) >= 11 is 0. The van der Waals surface area contributed by atoms with Crippen molar-refractivity contribution < 1.29 is 8.42 Å². The average molecular weight is 375 g/mol. The Morgan fingerprint density at radius 3 is 2.54 bits per heavy atom. The molecule has 0 amide bonds. The number of anilines is 3. The molecule has 0 radical (unpaired) electrons. The second-order valence-corrected chi connectivity index (χ2v) is 9.19. The molecule has 6 nitrogen and oxygen atoms in total. The fourth-order valence-electron chi connectivity index (χ4n) is 3.33. The van der Waals surface area contributed by atoms with E-state index in [4.69, 9.17) is 0 Å². The first-order valence-electron chi connectivity index (χ1n) is 8.94. The van der Waals surface area contributed by atoms with Gasteiger partial charge in [0.1, 0.15) is 5.82 Å². The molecule has 7 heteroatoms. The number of benzene rings is 1. The van der Waals surface area contributed by atoms with Gasteiger partial charge in [0.05, 0.1) is 11.5 Å². The topological polar surface area (TPSA) is 75.2 Å². The van der Waals surface area contributed by atoms with E-state index < -0.39 is 9.84 Å². The molecule has 0 aliphatic carbocycles. The lowest BCUT2D eigenvalue weighted by atomic mass is 10.1. The molecule has 0 spiro atoms. The van der Waals surface area contributed by atoms with Crippen LogP contribution in [-0.4, -0.2) is 42.5 Å². The van der Waals surface area contributed by atoms with Crippen LogP contribution in [0, 0.1) is 20.8 Å². The van der Waals surface area contributed by atoms with Crippen LogP contribution >= 0.6 is 0 Å². The molecule has 1 aliphatic rings. The molecule has 1 saturated heterocycles. The van der Waals surface area contributed by atoms with Gasteiger partial charge in [-0.15, -0.1) is 0 Å². The van der Waals surface area contributed by atoms with E-state index >= 15 is 0 Å². The minimum atomic E-state index is -2.94. The quantitative estimate of drug-likeness (QED) is 0.866. The summed E-state index contributed by atoms with van der Waals surface area (Å²) in [5.41, 5.74) is 4.23. The minimum absolute atomic E-state index is 0.0197. The Balaban J connectivity index is 1.87. The number of aromatic nitrogens is 2. The predicted molar refractivity (Wildman–Crippen MR) is 106 cm³/mol. The Morgan fingerprint density at radius 1 is 1.15 bits per heavy atom. The van der Waals surface area contributed by atoms with Crippen LogP contribution in [-0.2, 0) is 9.84 Å². The van der Waals surface area contributed by atoms with E-state index in [9.17, 15) is 8.42 Å². The molecule has 1 N–H and O–H groups in total. The van der Waals surface area contributed by atoms with Gasteiger partial charge in [0.25, 0.3) is 0 Å². The molecule has 26 heavy (non-hydrogen) atoms. The van der Waals surface area contributed by atoms with Gasteiger partial charge in [0.2, 0.25) is 5.95 Å². The van der Waals surface area contributed by atoms with Gasteiger partial charge >= 0.3 is 0 Å². The summed E-state index contributed by atoms with van der Waals surface area (Å²) < 4.78 is 23.7. The Morgan fingerprint density at radius 2 is 1.92 bits per heavy atom. The zero-order chi connectivity index (χ0) is 18.9. The van der Waals surface area contributed by atoms with E-state index in [0.717, 1.165) is 17.2 Å². The molecule has 1 aliphatic heterocycles. The van der Waals surface area contributed by atoms with Crippen molar-refractivity contribution in [3.8, 4) is 0 Å². The van der Waals surface area contributed by atoms with Crippen LogP contribution in [0.5, 0.6) is 0 Å². The van der Waals surface area contributed by atoms with E-state index in [1.807, 2.05) is 26.0 Å². The van der Waals surface area contributed by atoms with Crippen LogP contribution in [0.3, 0.4) is 0 Å². The molecule has 2 heterocycles. The maximum atomic E-state index is 11.9. The van der Waals surface area contributed by atoms with Crippen molar-refractivity contribution in [1.29, 1.82) is 0 Å². The molecule has 140 valence electrons. The lowest BCUT2D eigenvalue weighted by Gasteiger charge is -2.28. The molecule has 1 unspecified atom stereocenters. The molecule has 1 aromatic carbocycles. The average Bonchev–Trinajstić information content (AvgIpc) is 2.91. The standard InChI is InChI=1S/C19H26N4O2S/c1-5-23(17-8-9-26(24,25)12-17)18-11-15(4)20-19(22-18)21-16-7-6-13(2)14(3)10-16/h6-7,10-11,17H,5,8-9,12H2,1-4H3,(H,20,21,22). The van der Waals surface area contributed by atoms with Crippen molar-refractivity contribution in [2.45, 2.75) is 40.2 Å². The van der Waals surface area contributed by atoms with Crippen molar-refractivity contribution in [2.24, 2.45) is 0 Å². The van der Waals surface area contributed by atoms with E-state index in [2.05, 4.69) is 46.2 Å². The van der Waals surface area contributed by atoms with Crippen LogP contribution < -0.4 is 10.2 Å². The summed E-state index contributed by atoms with van der Waals surface area (Å²) in [6, 6.07) is 8.04. The van der Waals surface area contributed by atoms with Gasteiger partial charge in [0.15, 0.2) is 9.84 Å². The second-order valence-electron chi connectivity index (χ2n) is 6.96. The van der Waals surface area contributed by atoms with Crippen molar-refractivity contribution >= 4 is 27.3 Å². The van der Waals surface area contributed by atoms with Crippen molar-refractivity contribution in [3.05, 3.63) is 41.1 Å². The molecule has 1 atom stereocenters. The first-order chi connectivity index (χ1) is 12.3. The number of aryl methyl sites for hydroxylation is 3. The first kappa shape index (κ1) is 18.6. The zero-order valence-electron chi connectivity index (χ0n) is 15.8. The first-order valence-corrected chi connectivity index (χ1v) is 10.8. The van der Waals surface area contributed by atoms with Gasteiger partial charge in [-0.1, -0.05) is 6.07 Å². The summed E-state index contributed by atoms with van der Waals surface area (Å²) in [6.45, 7) is 8.81. The SMILES string of the molecule is CCN(c1cc(C)nc(Nc2ccc(C)c(C)c2)n1)C1CCS(=O)(=O)C1. The molecule has 2 aromatic rings. The summed E-state index contributed by atoms with van der Waals surface area (Å²) in [5, 5.41) is 3.27. The van der Waals surface area contributed by atoms with Crippen molar-refractivity contribution in [2.75, 3.05) is 28.3 Å². The van der Waals surface area contributed by atoms with Gasteiger partial charge in [-0.3, -0.25) is 0 Å². The number of hydrogen-bond donors (Lipinski definition) is 1. The third-order valence-electron chi connectivity index (χ3n) is 4.89. The highest BCUT2D eigenvalue weighted by Gasteiger charge is 2.32. The van der Waals surface area contributed by atoms with Crippen molar-refractivity contribution in [1.82, 2.24) is 9.97 Å². The third-order valence-corrected chi connectivity index (χ3v) is 6.64. The fourth-order valence-corrected chi connectivity index (χ4v) is 5.06. The van der Waals surface area contributed by atoms with Gasteiger partial charge in [-0.05, 0) is 57.4 Å². The Bertz CT molecular complexity index is 912. The molecule has 0 saturated carbocycles. The Labute approximate surface area is 155 Å². The lowest BCUT2D eigenvalue weighted by Crippen LogP contribution is -2.36. The van der Waals surface area contributed by atoms with Gasteiger partial charge < -0.3 is 10.2 Å². The maximum Gasteiger partial charge on any atom is 0.229 e. The van der Waals surface area contributed by atoms with E-state index in [0.29, 0.717) is 18.9 Å². The molecule has 3 rings (SSSR count). The summed E-state index contributed by atoms with van der Waals surface area (Å²) in [4.78, 5) is 11.2. The third kappa shape index (κ3) is 4.15. The van der Waals surface area contributed by atoms with Crippen LogP contribution in [0.1, 0.15) is 30.2 Å². The van der Waals surface area contributed by atoms with Crippen LogP contribution in [0.4, 0.5) is 17.5 Å². The molecular formula is C19H26N4O2S. The number of rotatable bonds is 5. The molecule has 0 bridgehead atoms. The number of nitrogens with zero attached hydrogens (tertiary/aromatic N) is 3. The minimum Gasteiger partial charge on any atom is -0.353 e. The van der Waals surface area contributed by atoms with E-state index in [1.54, 1.807) is 0 Å². The summed E-state index contributed by atoms with van der Waals surface area (Å²) in [5.74, 6) is 1.76. The molecule has 1 aromatic heterocycles. The monoisotopic (exact) mass is 374 g/mol. The smallest absolute Gasteiger partial charge is 0.229 e. The van der Waals surface area contributed by atoms with Crippen LogP contribution in [0.15, 0.2) is 24.3 Å². The van der Waals surface area contributed by atoms with Gasteiger partial charge in [-0.25, -0.2) is 13.4 Å². The highest BCUT2D eigenvalue weighted by atomic mass is 32.2. The lowest BCUT2D eigenvalue weighted by molar-refractivity contribution is 0.599. The summed E-state index contributed by atoms with van der Waals surface area (Å²) in [6.07, 6.45) is 0.652. The van der Waals surface area contributed by atoms with Gasteiger partial charge in [0, 0.05) is 30.0 Å². The second kappa shape index (κ2) is 7.23. The Hall–Kier alpha value is -2.15. The van der Waals surface area contributed by atoms with Crippen LogP contribution in [0.2, 0.25) is 0 Å². The van der Waals surface area contributed by atoms with Crippen molar-refractivity contribution in [3.63, 3.8) is 0 Å². The van der Waals surface area contributed by atoms with E-state index in [-0.39, 0.29) is 17.5 Å². The van der Waals surface area contributed by atoms with E-state index in [1.165, 1.54) is 11.1 Å².